The second-order valence-corrected chi connectivity index (χ2v) is 6.72. The maximum atomic E-state index is 6.01. The standard InChI is InChI=1S/C15H12Br2ClNO2/c16-11-2-1-10(18)7-13(11)19-8-9-5-12(17)15-14(6-9)20-3-4-21-15/h1-2,5-7,19H,3-4,8H2. The number of hydrogen-bond donors (Lipinski definition) is 1. The number of benzene rings is 2. The van der Waals surface area contributed by atoms with Gasteiger partial charge in [0.2, 0.25) is 0 Å². The third-order valence-corrected chi connectivity index (χ3v) is 4.58. The molecule has 6 heteroatoms. The van der Waals surface area contributed by atoms with Gasteiger partial charge in [-0.05, 0) is 67.8 Å². The molecule has 21 heavy (non-hydrogen) atoms. The molecule has 2 aromatic carbocycles. The van der Waals surface area contributed by atoms with Gasteiger partial charge < -0.3 is 14.8 Å². The van der Waals surface area contributed by atoms with E-state index in [1.54, 1.807) is 0 Å². The predicted octanol–water partition coefficient (Wildman–Crippen LogP) is 5.25. The van der Waals surface area contributed by atoms with Crippen molar-refractivity contribution in [3.05, 3.63) is 49.9 Å². The number of hydrogen-bond acceptors (Lipinski definition) is 3. The lowest BCUT2D eigenvalue weighted by Crippen LogP contribution is -2.16. The molecule has 0 radical (unpaired) electrons. The van der Waals surface area contributed by atoms with E-state index in [2.05, 4.69) is 37.2 Å². The molecule has 0 amide bonds. The van der Waals surface area contributed by atoms with Gasteiger partial charge in [-0.2, -0.15) is 0 Å². The first-order valence-corrected chi connectivity index (χ1v) is 8.37. The highest BCUT2D eigenvalue weighted by Gasteiger charge is 2.16. The number of nitrogens with one attached hydrogen (secondary N) is 1. The Hall–Kier alpha value is -0.910. The first-order chi connectivity index (χ1) is 10.1. The maximum absolute atomic E-state index is 6.01. The van der Waals surface area contributed by atoms with E-state index in [9.17, 15) is 0 Å². The lowest BCUT2D eigenvalue weighted by molar-refractivity contribution is 0.170. The van der Waals surface area contributed by atoms with Crippen molar-refractivity contribution < 1.29 is 9.47 Å². The highest BCUT2D eigenvalue weighted by atomic mass is 79.9. The van der Waals surface area contributed by atoms with Crippen molar-refractivity contribution in [2.24, 2.45) is 0 Å². The van der Waals surface area contributed by atoms with Crippen LogP contribution in [0, 0.1) is 0 Å². The minimum Gasteiger partial charge on any atom is -0.486 e. The summed E-state index contributed by atoms with van der Waals surface area (Å²) in [6.45, 7) is 1.82. The molecule has 0 aliphatic carbocycles. The largest absolute Gasteiger partial charge is 0.486 e. The molecular weight excluding hydrogens is 421 g/mol. The molecule has 1 heterocycles. The number of halogens is 3. The van der Waals surface area contributed by atoms with Crippen molar-refractivity contribution >= 4 is 49.1 Å². The molecule has 3 nitrogen and oxygen atoms in total. The van der Waals surface area contributed by atoms with Gasteiger partial charge in [0.05, 0.1) is 10.2 Å². The van der Waals surface area contributed by atoms with Gasteiger partial charge in [-0.25, -0.2) is 0 Å². The molecule has 1 N–H and O–H groups in total. The predicted molar refractivity (Wildman–Crippen MR) is 91.6 cm³/mol. The zero-order chi connectivity index (χ0) is 14.8. The monoisotopic (exact) mass is 431 g/mol. The Balaban J connectivity index is 1.79. The summed E-state index contributed by atoms with van der Waals surface area (Å²) in [5.74, 6) is 1.55. The van der Waals surface area contributed by atoms with Gasteiger partial charge in [-0.1, -0.05) is 11.6 Å². The molecule has 0 atom stereocenters. The van der Waals surface area contributed by atoms with Gasteiger partial charge >= 0.3 is 0 Å². The highest BCUT2D eigenvalue weighted by Crippen LogP contribution is 2.38. The highest BCUT2D eigenvalue weighted by molar-refractivity contribution is 9.11. The Bertz CT molecular complexity index is 679. The van der Waals surface area contributed by atoms with Crippen LogP contribution in [0.25, 0.3) is 0 Å². The fourth-order valence-corrected chi connectivity index (χ4v) is 3.26. The van der Waals surface area contributed by atoms with E-state index in [0.29, 0.717) is 24.8 Å². The fourth-order valence-electron chi connectivity index (χ4n) is 2.10. The van der Waals surface area contributed by atoms with Crippen molar-refractivity contribution in [2.45, 2.75) is 6.54 Å². The number of anilines is 1. The van der Waals surface area contributed by atoms with Crippen molar-refractivity contribution in [1.82, 2.24) is 0 Å². The van der Waals surface area contributed by atoms with Gasteiger partial charge in [0.15, 0.2) is 11.5 Å². The van der Waals surface area contributed by atoms with Crippen LogP contribution in [0.3, 0.4) is 0 Å². The summed E-state index contributed by atoms with van der Waals surface area (Å²) in [6, 6.07) is 9.67. The van der Waals surface area contributed by atoms with E-state index < -0.39 is 0 Å². The molecule has 2 aromatic rings. The van der Waals surface area contributed by atoms with Crippen LogP contribution in [0.1, 0.15) is 5.56 Å². The quantitative estimate of drug-likeness (QED) is 0.717. The average Bonchev–Trinajstić information content (AvgIpc) is 2.48. The molecular formula is C15H12Br2ClNO2. The van der Waals surface area contributed by atoms with E-state index in [-0.39, 0.29) is 0 Å². The van der Waals surface area contributed by atoms with Crippen molar-refractivity contribution in [3.8, 4) is 11.5 Å². The van der Waals surface area contributed by atoms with Crippen LogP contribution in [0.4, 0.5) is 5.69 Å². The van der Waals surface area contributed by atoms with Crippen molar-refractivity contribution in [1.29, 1.82) is 0 Å². The molecule has 0 spiro atoms. The van der Waals surface area contributed by atoms with Crippen LogP contribution in [0.2, 0.25) is 5.02 Å². The molecule has 1 aliphatic rings. The van der Waals surface area contributed by atoms with Crippen molar-refractivity contribution in [2.75, 3.05) is 18.5 Å². The Morgan fingerprint density at radius 1 is 1.05 bits per heavy atom. The SMILES string of the molecule is Clc1ccc(Br)c(NCc2cc(Br)c3c(c2)OCCO3)c1. The number of rotatable bonds is 3. The minimum atomic E-state index is 0.580. The lowest BCUT2D eigenvalue weighted by atomic mass is 10.2. The van der Waals surface area contributed by atoms with E-state index in [4.69, 9.17) is 21.1 Å². The summed E-state index contributed by atoms with van der Waals surface area (Å²) in [6.07, 6.45) is 0. The van der Waals surface area contributed by atoms with Gasteiger partial charge in [-0.15, -0.1) is 0 Å². The van der Waals surface area contributed by atoms with Gasteiger partial charge in [0.25, 0.3) is 0 Å². The van der Waals surface area contributed by atoms with Crippen LogP contribution < -0.4 is 14.8 Å². The van der Waals surface area contributed by atoms with Gasteiger partial charge in [0, 0.05) is 16.0 Å². The van der Waals surface area contributed by atoms with Gasteiger partial charge in [-0.3, -0.25) is 0 Å². The summed E-state index contributed by atoms with van der Waals surface area (Å²) < 4.78 is 13.1. The van der Waals surface area contributed by atoms with Crippen LogP contribution >= 0.6 is 43.5 Å². The Labute approximate surface area is 144 Å². The molecule has 0 saturated carbocycles. The smallest absolute Gasteiger partial charge is 0.175 e. The van der Waals surface area contributed by atoms with Crippen molar-refractivity contribution in [3.63, 3.8) is 0 Å². The molecule has 1 aliphatic heterocycles. The zero-order valence-electron chi connectivity index (χ0n) is 11.0. The summed E-state index contributed by atoms with van der Waals surface area (Å²) in [4.78, 5) is 0. The second-order valence-electron chi connectivity index (χ2n) is 4.58. The summed E-state index contributed by atoms with van der Waals surface area (Å²) >= 11 is 13.0. The molecule has 110 valence electrons. The lowest BCUT2D eigenvalue weighted by Gasteiger charge is -2.20. The topological polar surface area (TPSA) is 30.5 Å². The van der Waals surface area contributed by atoms with Crippen LogP contribution in [0.15, 0.2) is 39.3 Å². The van der Waals surface area contributed by atoms with E-state index >= 15 is 0 Å². The Kier molecular flexibility index (Phi) is 4.62. The summed E-state index contributed by atoms with van der Waals surface area (Å²) in [5.41, 5.74) is 2.05. The Morgan fingerprint density at radius 2 is 1.86 bits per heavy atom. The van der Waals surface area contributed by atoms with E-state index in [1.165, 1.54) is 0 Å². The third kappa shape index (κ3) is 3.47. The third-order valence-electron chi connectivity index (χ3n) is 3.07. The van der Waals surface area contributed by atoms with Crippen LogP contribution in [0.5, 0.6) is 11.5 Å². The zero-order valence-corrected chi connectivity index (χ0v) is 14.9. The fraction of sp³-hybridized carbons (Fsp3) is 0.200. The molecule has 0 aromatic heterocycles. The Morgan fingerprint density at radius 3 is 2.71 bits per heavy atom. The van der Waals surface area contributed by atoms with Gasteiger partial charge in [0.1, 0.15) is 13.2 Å². The number of ether oxygens (including phenoxy) is 2. The van der Waals surface area contributed by atoms with Crippen LogP contribution in [-0.2, 0) is 6.54 Å². The van der Waals surface area contributed by atoms with Crippen LogP contribution in [-0.4, -0.2) is 13.2 Å². The average molecular weight is 434 g/mol. The molecule has 0 bridgehead atoms. The first kappa shape index (κ1) is 15.0. The summed E-state index contributed by atoms with van der Waals surface area (Å²) in [5, 5.41) is 4.05. The summed E-state index contributed by atoms with van der Waals surface area (Å²) in [7, 11) is 0. The number of fused-ring (bicyclic) bond motifs is 1. The minimum absolute atomic E-state index is 0.580. The second kappa shape index (κ2) is 6.46. The maximum Gasteiger partial charge on any atom is 0.175 e. The van der Waals surface area contributed by atoms with E-state index in [0.717, 1.165) is 31.7 Å². The normalized spacial score (nSPS) is 13.1. The molecule has 3 rings (SSSR count). The molecule has 0 saturated heterocycles. The first-order valence-electron chi connectivity index (χ1n) is 6.40. The molecule has 0 fully saturated rings. The molecule has 0 unspecified atom stereocenters. The van der Waals surface area contributed by atoms with E-state index in [1.807, 2.05) is 30.3 Å².